The molecule has 2 atom stereocenters. The molecule has 17 heavy (non-hydrogen) atoms. The van der Waals surface area contributed by atoms with Crippen LogP contribution in [-0.2, 0) is 4.74 Å². The van der Waals surface area contributed by atoms with Crippen LogP contribution in [0.3, 0.4) is 0 Å². The third-order valence-corrected chi connectivity index (χ3v) is 4.29. The van der Waals surface area contributed by atoms with Crippen molar-refractivity contribution < 1.29 is 4.74 Å². The van der Waals surface area contributed by atoms with Crippen LogP contribution in [0.4, 0.5) is 0 Å². The molecule has 2 fully saturated rings. The Hall–Kier alpha value is -0.0900. The van der Waals surface area contributed by atoms with E-state index < -0.39 is 0 Å². The van der Waals surface area contributed by atoms with E-state index in [0.717, 1.165) is 34.1 Å². The Balaban J connectivity index is 1.77. The van der Waals surface area contributed by atoms with Crippen molar-refractivity contribution in [3.63, 3.8) is 0 Å². The molecule has 0 bridgehead atoms. The van der Waals surface area contributed by atoms with Gasteiger partial charge in [0.05, 0.1) is 12.2 Å². The summed E-state index contributed by atoms with van der Waals surface area (Å²) in [6.07, 6.45) is 3.09. The number of hydrogen-bond acceptors (Lipinski definition) is 2. The lowest BCUT2D eigenvalue weighted by Crippen LogP contribution is -2.41. The van der Waals surface area contributed by atoms with Crippen LogP contribution in [-0.4, -0.2) is 19.2 Å². The molecule has 1 saturated heterocycles. The Morgan fingerprint density at radius 3 is 2.82 bits per heavy atom. The van der Waals surface area contributed by atoms with E-state index in [1.165, 1.54) is 12.8 Å². The van der Waals surface area contributed by atoms with Gasteiger partial charge in [-0.05, 0) is 30.9 Å². The van der Waals surface area contributed by atoms with Crippen molar-refractivity contribution in [2.75, 3.05) is 13.1 Å². The molecule has 2 aliphatic rings. The molecule has 1 aliphatic carbocycles. The molecule has 1 saturated carbocycles. The summed E-state index contributed by atoms with van der Waals surface area (Å²) in [6.45, 7) is 1.83. The van der Waals surface area contributed by atoms with E-state index >= 15 is 0 Å². The summed E-state index contributed by atoms with van der Waals surface area (Å²) in [6, 6.07) is 6.00. The highest BCUT2D eigenvalue weighted by atomic mass is 79.9. The Labute approximate surface area is 115 Å². The lowest BCUT2D eigenvalue weighted by Gasteiger charge is -2.31. The number of halogens is 2. The van der Waals surface area contributed by atoms with Gasteiger partial charge in [0, 0.05) is 28.1 Å². The molecule has 1 N–H and O–H groups in total. The van der Waals surface area contributed by atoms with Crippen molar-refractivity contribution in [1.29, 1.82) is 0 Å². The first-order valence-electron chi connectivity index (χ1n) is 6.05. The van der Waals surface area contributed by atoms with Gasteiger partial charge in [0.25, 0.3) is 0 Å². The normalized spacial score (nSPS) is 29.3. The molecule has 0 radical (unpaired) electrons. The fourth-order valence-corrected chi connectivity index (χ4v) is 3.15. The second kappa shape index (κ2) is 4.88. The number of benzene rings is 1. The van der Waals surface area contributed by atoms with Crippen molar-refractivity contribution >= 4 is 27.5 Å². The van der Waals surface area contributed by atoms with E-state index in [1.807, 2.05) is 18.2 Å². The number of morpholine rings is 1. The summed E-state index contributed by atoms with van der Waals surface area (Å²) in [5.41, 5.74) is 1.09. The van der Waals surface area contributed by atoms with Gasteiger partial charge >= 0.3 is 0 Å². The maximum Gasteiger partial charge on any atom is 0.0968 e. The van der Waals surface area contributed by atoms with Crippen molar-refractivity contribution in [2.45, 2.75) is 25.0 Å². The van der Waals surface area contributed by atoms with Crippen LogP contribution in [0.2, 0.25) is 5.02 Å². The maximum absolute atomic E-state index is 6.27. The highest BCUT2D eigenvalue weighted by molar-refractivity contribution is 9.10. The van der Waals surface area contributed by atoms with Crippen LogP contribution in [0, 0.1) is 5.92 Å². The first-order chi connectivity index (χ1) is 8.24. The Kier molecular flexibility index (Phi) is 3.44. The van der Waals surface area contributed by atoms with E-state index in [-0.39, 0.29) is 6.10 Å². The predicted molar refractivity (Wildman–Crippen MR) is 72.4 cm³/mol. The zero-order chi connectivity index (χ0) is 11.8. The second-order valence-electron chi connectivity index (χ2n) is 4.82. The molecule has 4 heteroatoms. The van der Waals surface area contributed by atoms with Crippen molar-refractivity contribution in [3.05, 3.63) is 33.3 Å². The van der Waals surface area contributed by atoms with Crippen LogP contribution in [0.5, 0.6) is 0 Å². The van der Waals surface area contributed by atoms with Gasteiger partial charge in [0.1, 0.15) is 0 Å². The Bertz CT molecular complexity index is 422. The van der Waals surface area contributed by atoms with Crippen LogP contribution in [0.25, 0.3) is 0 Å². The van der Waals surface area contributed by atoms with Crippen molar-refractivity contribution in [1.82, 2.24) is 5.32 Å². The molecule has 92 valence electrons. The Morgan fingerprint density at radius 2 is 2.12 bits per heavy atom. The summed E-state index contributed by atoms with van der Waals surface area (Å²) in [7, 11) is 0. The molecule has 2 unspecified atom stereocenters. The van der Waals surface area contributed by atoms with Gasteiger partial charge in [-0.25, -0.2) is 0 Å². The molecular weight excluding hydrogens is 302 g/mol. The van der Waals surface area contributed by atoms with Gasteiger partial charge in [-0.2, -0.15) is 0 Å². The van der Waals surface area contributed by atoms with Gasteiger partial charge in [0.15, 0.2) is 0 Å². The second-order valence-corrected chi connectivity index (χ2v) is 6.15. The minimum atomic E-state index is 0.0925. The summed E-state index contributed by atoms with van der Waals surface area (Å²) in [5, 5.41) is 4.23. The molecule has 0 amide bonds. The average molecular weight is 317 g/mol. The maximum atomic E-state index is 6.27. The molecule has 1 aromatic carbocycles. The average Bonchev–Trinajstić information content (AvgIpc) is 3.13. The van der Waals surface area contributed by atoms with Crippen LogP contribution < -0.4 is 5.32 Å². The molecular formula is C13H15BrClNO. The van der Waals surface area contributed by atoms with Gasteiger partial charge in [0.2, 0.25) is 0 Å². The quantitative estimate of drug-likeness (QED) is 0.901. The minimum absolute atomic E-state index is 0.0925. The zero-order valence-electron chi connectivity index (χ0n) is 9.46. The third kappa shape index (κ3) is 2.68. The molecule has 1 aromatic rings. The number of hydrogen-bond donors (Lipinski definition) is 1. The van der Waals surface area contributed by atoms with Gasteiger partial charge in [-0.1, -0.05) is 33.6 Å². The van der Waals surface area contributed by atoms with Crippen LogP contribution >= 0.6 is 27.5 Å². The fraction of sp³-hybridized carbons (Fsp3) is 0.538. The van der Waals surface area contributed by atoms with E-state index in [1.54, 1.807) is 0 Å². The smallest absolute Gasteiger partial charge is 0.0968 e. The van der Waals surface area contributed by atoms with E-state index in [9.17, 15) is 0 Å². The van der Waals surface area contributed by atoms with Gasteiger partial charge in [-0.3, -0.25) is 0 Å². The molecule has 1 heterocycles. The third-order valence-electron chi connectivity index (χ3n) is 3.47. The summed E-state index contributed by atoms with van der Waals surface area (Å²) < 4.78 is 7.16. The highest BCUT2D eigenvalue weighted by Crippen LogP contribution is 2.39. The molecule has 2 nitrogen and oxygen atoms in total. The van der Waals surface area contributed by atoms with Gasteiger partial charge < -0.3 is 10.1 Å². The first kappa shape index (κ1) is 12.0. The van der Waals surface area contributed by atoms with Crippen LogP contribution in [0.15, 0.2) is 22.7 Å². The summed E-state index contributed by atoms with van der Waals surface area (Å²) in [4.78, 5) is 0. The van der Waals surface area contributed by atoms with Gasteiger partial charge in [-0.15, -0.1) is 0 Å². The Morgan fingerprint density at radius 1 is 1.29 bits per heavy atom. The summed E-state index contributed by atoms with van der Waals surface area (Å²) >= 11 is 9.69. The summed E-state index contributed by atoms with van der Waals surface area (Å²) in [5.74, 6) is 0.763. The molecule has 0 aromatic heterocycles. The first-order valence-corrected chi connectivity index (χ1v) is 7.22. The highest BCUT2D eigenvalue weighted by Gasteiger charge is 2.36. The van der Waals surface area contributed by atoms with E-state index in [0.29, 0.717) is 6.10 Å². The predicted octanol–water partition coefficient (Wildman–Crippen LogP) is 3.54. The van der Waals surface area contributed by atoms with Crippen molar-refractivity contribution in [2.24, 2.45) is 5.92 Å². The van der Waals surface area contributed by atoms with Crippen LogP contribution in [0.1, 0.15) is 24.5 Å². The largest absolute Gasteiger partial charge is 0.367 e. The minimum Gasteiger partial charge on any atom is -0.367 e. The number of rotatable bonds is 2. The molecule has 0 spiro atoms. The zero-order valence-corrected chi connectivity index (χ0v) is 11.8. The lowest BCUT2D eigenvalue weighted by atomic mass is 10.1. The standard InChI is InChI=1S/C13H15BrClNO/c14-9-3-4-10(11(15)5-9)13-7-16-6-12(17-13)8-1-2-8/h3-5,8,12-13,16H,1-2,6-7H2. The van der Waals surface area contributed by atoms with Crippen molar-refractivity contribution in [3.8, 4) is 0 Å². The topological polar surface area (TPSA) is 21.3 Å². The molecule has 1 aliphatic heterocycles. The van der Waals surface area contributed by atoms with E-state index in [4.69, 9.17) is 16.3 Å². The monoisotopic (exact) mass is 315 g/mol. The fourth-order valence-electron chi connectivity index (χ4n) is 2.36. The van der Waals surface area contributed by atoms with E-state index in [2.05, 4.69) is 21.2 Å². The SMILES string of the molecule is Clc1cc(Br)ccc1C1CNCC(C2CC2)O1. The number of nitrogens with one attached hydrogen (secondary N) is 1. The lowest BCUT2D eigenvalue weighted by molar-refractivity contribution is -0.0493. The molecule has 3 rings (SSSR count). The number of ether oxygens (including phenoxy) is 1.